The lowest BCUT2D eigenvalue weighted by Gasteiger charge is -2.34. The lowest BCUT2D eigenvalue weighted by Crippen LogP contribution is -2.48. The minimum atomic E-state index is 0.0474. The van der Waals surface area contributed by atoms with Crippen molar-refractivity contribution in [1.82, 2.24) is 15.0 Å². The van der Waals surface area contributed by atoms with Gasteiger partial charge in [-0.25, -0.2) is 0 Å². The van der Waals surface area contributed by atoms with Crippen molar-refractivity contribution in [2.75, 3.05) is 37.6 Å². The molecule has 1 aromatic heterocycles. The van der Waals surface area contributed by atoms with Crippen molar-refractivity contribution in [3.63, 3.8) is 0 Å². The van der Waals surface area contributed by atoms with E-state index in [1.54, 1.807) is 4.90 Å². The van der Waals surface area contributed by atoms with Crippen LogP contribution in [0.3, 0.4) is 0 Å². The topological polar surface area (TPSA) is 69.9 Å². The molecule has 2 saturated heterocycles. The number of aromatic nitrogens is 1. The summed E-state index contributed by atoms with van der Waals surface area (Å²) in [6, 6.07) is 9.35. The summed E-state index contributed by atoms with van der Waals surface area (Å²) in [4.78, 5) is 30.6. The second kappa shape index (κ2) is 7.52. The molecular formula is C20H24N4O3. The van der Waals surface area contributed by atoms with E-state index in [4.69, 9.17) is 4.52 Å². The molecular weight excluding hydrogens is 344 g/mol. The number of aryl methyl sites for hydroxylation is 1. The average molecular weight is 368 g/mol. The number of hydrogen-bond acceptors (Lipinski definition) is 5. The Morgan fingerprint density at radius 3 is 2.44 bits per heavy atom. The van der Waals surface area contributed by atoms with Crippen molar-refractivity contribution in [1.29, 1.82) is 0 Å². The zero-order valence-corrected chi connectivity index (χ0v) is 15.6. The first kappa shape index (κ1) is 17.7. The second-order valence-electron chi connectivity index (χ2n) is 7.19. The number of benzene rings is 1. The average Bonchev–Trinajstić information content (AvgIpc) is 3.30. The van der Waals surface area contributed by atoms with Gasteiger partial charge in [0.05, 0.1) is 5.69 Å². The Balaban J connectivity index is 1.33. The molecule has 2 fully saturated rings. The Labute approximate surface area is 158 Å². The third-order valence-electron chi connectivity index (χ3n) is 5.22. The third-order valence-corrected chi connectivity index (χ3v) is 5.22. The summed E-state index contributed by atoms with van der Waals surface area (Å²) in [6.07, 6.45) is 1.51. The normalized spacial score (nSPS) is 18.3. The lowest BCUT2D eigenvalue weighted by molar-refractivity contribution is -0.117. The molecule has 0 aliphatic carbocycles. The summed E-state index contributed by atoms with van der Waals surface area (Å²) in [5.74, 6) is 1.02. The molecule has 2 aliphatic heterocycles. The van der Waals surface area contributed by atoms with Crippen molar-refractivity contribution >= 4 is 17.5 Å². The van der Waals surface area contributed by atoms with E-state index in [2.05, 4.69) is 10.1 Å². The van der Waals surface area contributed by atoms with E-state index in [0.717, 1.165) is 49.7 Å². The third kappa shape index (κ3) is 3.88. The minimum Gasteiger partial charge on any atom is -0.361 e. The Bertz CT molecular complexity index is 822. The van der Waals surface area contributed by atoms with E-state index in [0.29, 0.717) is 25.1 Å². The maximum atomic E-state index is 12.8. The Morgan fingerprint density at radius 2 is 1.85 bits per heavy atom. The number of amides is 2. The highest BCUT2D eigenvalue weighted by molar-refractivity contribution is 5.97. The van der Waals surface area contributed by atoms with E-state index in [-0.39, 0.29) is 11.8 Å². The van der Waals surface area contributed by atoms with Gasteiger partial charge in [0.2, 0.25) is 5.91 Å². The summed E-state index contributed by atoms with van der Waals surface area (Å²) >= 11 is 0. The van der Waals surface area contributed by atoms with E-state index < -0.39 is 0 Å². The summed E-state index contributed by atoms with van der Waals surface area (Å²) in [5, 5.41) is 4.03. The quantitative estimate of drug-likeness (QED) is 0.826. The summed E-state index contributed by atoms with van der Waals surface area (Å²) in [7, 11) is 0. The van der Waals surface area contributed by atoms with Gasteiger partial charge in [-0.05, 0) is 37.6 Å². The molecule has 4 rings (SSSR count). The molecule has 142 valence electrons. The van der Waals surface area contributed by atoms with Crippen LogP contribution in [0.15, 0.2) is 34.9 Å². The van der Waals surface area contributed by atoms with Crippen LogP contribution in [-0.2, 0) is 11.3 Å². The number of rotatable bonds is 4. The molecule has 0 atom stereocenters. The van der Waals surface area contributed by atoms with Crippen molar-refractivity contribution in [3.05, 3.63) is 47.3 Å². The SMILES string of the molecule is Cc1cc(CN2CCN(C(=O)c3ccc(N4CCCC4=O)cc3)CC2)no1. The fraction of sp³-hybridized carbons (Fsp3) is 0.450. The largest absolute Gasteiger partial charge is 0.361 e. The molecule has 0 N–H and O–H groups in total. The molecule has 3 heterocycles. The molecule has 0 spiro atoms. The Kier molecular flexibility index (Phi) is 4.94. The van der Waals surface area contributed by atoms with Crippen LogP contribution in [0.25, 0.3) is 0 Å². The van der Waals surface area contributed by atoms with Gasteiger partial charge < -0.3 is 14.3 Å². The van der Waals surface area contributed by atoms with Crippen LogP contribution < -0.4 is 4.90 Å². The summed E-state index contributed by atoms with van der Waals surface area (Å²) in [6.45, 7) is 6.43. The number of carbonyl (C=O) groups excluding carboxylic acids is 2. The highest BCUT2D eigenvalue weighted by Crippen LogP contribution is 2.22. The van der Waals surface area contributed by atoms with Crippen LogP contribution in [0.2, 0.25) is 0 Å². The summed E-state index contributed by atoms with van der Waals surface area (Å²) in [5.41, 5.74) is 2.48. The van der Waals surface area contributed by atoms with Gasteiger partial charge in [0, 0.05) is 63.0 Å². The fourth-order valence-corrected chi connectivity index (χ4v) is 3.72. The van der Waals surface area contributed by atoms with Gasteiger partial charge in [-0.3, -0.25) is 14.5 Å². The Hall–Kier alpha value is -2.67. The van der Waals surface area contributed by atoms with Gasteiger partial charge in [0.25, 0.3) is 5.91 Å². The van der Waals surface area contributed by atoms with Crippen LogP contribution in [0.4, 0.5) is 5.69 Å². The van der Waals surface area contributed by atoms with Crippen molar-refractivity contribution in [2.45, 2.75) is 26.3 Å². The van der Waals surface area contributed by atoms with Crippen LogP contribution in [0.1, 0.15) is 34.7 Å². The van der Waals surface area contributed by atoms with Gasteiger partial charge in [0.1, 0.15) is 5.76 Å². The first-order valence-electron chi connectivity index (χ1n) is 9.44. The predicted octanol–water partition coefficient (Wildman–Crippen LogP) is 2.07. The zero-order chi connectivity index (χ0) is 18.8. The highest BCUT2D eigenvalue weighted by Gasteiger charge is 2.24. The molecule has 2 aromatic rings. The van der Waals surface area contributed by atoms with Gasteiger partial charge in [-0.2, -0.15) is 0 Å². The van der Waals surface area contributed by atoms with Gasteiger partial charge in [0.15, 0.2) is 0 Å². The monoisotopic (exact) mass is 368 g/mol. The smallest absolute Gasteiger partial charge is 0.253 e. The number of anilines is 1. The maximum absolute atomic E-state index is 12.8. The predicted molar refractivity (Wildman–Crippen MR) is 100 cm³/mol. The van der Waals surface area contributed by atoms with Gasteiger partial charge >= 0.3 is 0 Å². The first-order chi connectivity index (χ1) is 13.1. The first-order valence-corrected chi connectivity index (χ1v) is 9.44. The number of piperazine rings is 1. The zero-order valence-electron chi connectivity index (χ0n) is 15.6. The van der Waals surface area contributed by atoms with Crippen LogP contribution in [0.5, 0.6) is 0 Å². The van der Waals surface area contributed by atoms with E-state index in [9.17, 15) is 9.59 Å². The van der Waals surface area contributed by atoms with Crippen molar-refractivity contribution in [2.24, 2.45) is 0 Å². The highest BCUT2D eigenvalue weighted by atomic mass is 16.5. The Morgan fingerprint density at radius 1 is 1.11 bits per heavy atom. The second-order valence-corrected chi connectivity index (χ2v) is 7.19. The van der Waals surface area contributed by atoms with E-state index in [1.165, 1.54) is 0 Å². The maximum Gasteiger partial charge on any atom is 0.253 e. The van der Waals surface area contributed by atoms with Gasteiger partial charge in [-0.15, -0.1) is 0 Å². The molecule has 0 radical (unpaired) electrons. The van der Waals surface area contributed by atoms with Crippen molar-refractivity contribution < 1.29 is 14.1 Å². The van der Waals surface area contributed by atoms with Crippen LogP contribution in [-0.4, -0.2) is 59.5 Å². The van der Waals surface area contributed by atoms with Crippen molar-refractivity contribution in [3.8, 4) is 0 Å². The standard InChI is InChI=1S/C20H24N4O3/c1-15-13-17(21-27-15)14-22-9-11-23(12-10-22)20(26)16-4-6-18(7-5-16)24-8-2-3-19(24)25/h4-7,13H,2-3,8-12,14H2,1H3. The summed E-state index contributed by atoms with van der Waals surface area (Å²) < 4.78 is 5.11. The van der Waals surface area contributed by atoms with E-state index in [1.807, 2.05) is 42.2 Å². The van der Waals surface area contributed by atoms with Crippen LogP contribution in [0, 0.1) is 6.92 Å². The van der Waals surface area contributed by atoms with Crippen LogP contribution >= 0.6 is 0 Å². The number of hydrogen-bond donors (Lipinski definition) is 0. The van der Waals surface area contributed by atoms with Gasteiger partial charge in [-0.1, -0.05) is 5.16 Å². The molecule has 7 nitrogen and oxygen atoms in total. The molecule has 0 saturated carbocycles. The molecule has 2 amide bonds. The molecule has 0 bridgehead atoms. The van der Waals surface area contributed by atoms with E-state index >= 15 is 0 Å². The fourth-order valence-electron chi connectivity index (χ4n) is 3.72. The molecule has 2 aliphatic rings. The molecule has 27 heavy (non-hydrogen) atoms. The number of carbonyl (C=O) groups is 2. The lowest BCUT2D eigenvalue weighted by atomic mass is 10.1. The molecule has 1 aromatic carbocycles. The minimum absolute atomic E-state index is 0.0474. The molecule has 0 unspecified atom stereocenters. The molecule has 7 heteroatoms. The number of nitrogens with zero attached hydrogens (tertiary/aromatic N) is 4.